The lowest BCUT2D eigenvalue weighted by Gasteiger charge is -2.12. The number of nitrogens with zero attached hydrogens (tertiary/aromatic N) is 3. The molecule has 1 heterocycles. The molecule has 0 radical (unpaired) electrons. The van der Waals surface area contributed by atoms with Crippen LogP contribution in [0.25, 0.3) is 11.3 Å². The van der Waals surface area contributed by atoms with Gasteiger partial charge in [0.1, 0.15) is 4.90 Å². The first-order valence-corrected chi connectivity index (χ1v) is 10.8. The van der Waals surface area contributed by atoms with Crippen LogP contribution < -0.4 is 14.8 Å². The van der Waals surface area contributed by atoms with Crippen LogP contribution >= 0.6 is 22.9 Å². The Morgan fingerprint density at radius 3 is 2.59 bits per heavy atom. The van der Waals surface area contributed by atoms with Gasteiger partial charge in [0.15, 0.2) is 4.80 Å². The maximum atomic E-state index is 11.7. The fourth-order valence-electron chi connectivity index (χ4n) is 2.56. The van der Waals surface area contributed by atoms with Gasteiger partial charge in [-0.1, -0.05) is 23.7 Å². The lowest BCUT2D eigenvalue weighted by atomic mass is 10.2. The van der Waals surface area contributed by atoms with Crippen LogP contribution in [0, 0.1) is 0 Å². The summed E-state index contributed by atoms with van der Waals surface area (Å²) in [5.74, 6) is 0. The van der Waals surface area contributed by atoms with E-state index in [0.29, 0.717) is 5.56 Å². The normalized spacial score (nSPS) is 12.4. The fraction of sp³-hybridized carbons (Fsp3) is 0.167. The van der Waals surface area contributed by atoms with Gasteiger partial charge in [0.05, 0.1) is 16.4 Å². The van der Waals surface area contributed by atoms with E-state index in [1.54, 1.807) is 6.07 Å². The summed E-state index contributed by atoms with van der Waals surface area (Å²) < 4.78 is 25.4. The predicted molar refractivity (Wildman–Crippen MR) is 111 cm³/mol. The van der Waals surface area contributed by atoms with Crippen molar-refractivity contribution in [2.75, 3.05) is 19.0 Å². The van der Waals surface area contributed by atoms with Crippen LogP contribution in [0.2, 0.25) is 5.02 Å². The van der Waals surface area contributed by atoms with Crippen molar-refractivity contribution >= 4 is 44.3 Å². The first-order valence-electron chi connectivity index (χ1n) is 7.96. The zero-order valence-electron chi connectivity index (χ0n) is 15.0. The molecule has 27 heavy (non-hydrogen) atoms. The molecule has 6 nitrogen and oxygen atoms in total. The molecule has 1 aromatic heterocycles. The molecule has 0 saturated heterocycles. The quantitative estimate of drug-likeness (QED) is 0.700. The molecule has 0 fully saturated rings. The van der Waals surface area contributed by atoms with Gasteiger partial charge in [-0.25, -0.2) is 18.5 Å². The van der Waals surface area contributed by atoms with Crippen LogP contribution in [0.4, 0.5) is 11.4 Å². The van der Waals surface area contributed by atoms with Gasteiger partial charge in [0, 0.05) is 37.8 Å². The van der Waals surface area contributed by atoms with Crippen molar-refractivity contribution in [3.05, 3.63) is 57.7 Å². The monoisotopic (exact) mass is 422 g/mol. The first kappa shape index (κ1) is 19.6. The van der Waals surface area contributed by atoms with E-state index >= 15 is 0 Å². The van der Waals surface area contributed by atoms with E-state index in [9.17, 15) is 8.42 Å². The Morgan fingerprint density at radius 1 is 1.19 bits per heavy atom. The minimum absolute atomic E-state index is 0.0926. The van der Waals surface area contributed by atoms with E-state index < -0.39 is 10.0 Å². The van der Waals surface area contributed by atoms with Gasteiger partial charge < -0.3 is 9.47 Å². The van der Waals surface area contributed by atoms with Crippen LogP contribution in [0.5, 0.6) is 0 Å². The number of rotatable bonds is 4. The van der Waals surface area contributed by atoms with Crippen LogP contribution in [-0.2, 0) is 17.1 Å². The topological polar surface area (TPSA) is 80.7 Å². The molecule has 9 heteroatoms. The number of sulfonamides is 1. The Morgan fingerprint density at radius 2 is 1.93 bits per heavy atom. The van der Waals surface area contributed by atoms with E-state index in [1.165, 1.54) is 23.5 Å². The summed E-state index contributed by atoms with van der Waals surface area (Å²) in [5, 5.41) is 7.27. The highest BCUT2D eigenvalue weighted by Gasteiger charge is 2.15. The highest BCUT2D eigenvalue weighted by Crippen LogP contribution is 2.28. The summed E-state index contributed by atoms with van der Waals surface area (Å²) in [6, 6.07) is 12.7. The molecular formula is C18H19ClN4O2S2. The summed E-state index contributed by atoms with van der Waals surface area (Å²) >= 11 is 7.44. The fourth-order valence-corrected chi connectivity index (χ4v) is 4.56. The van der Waals surface area contributed by atoms with Gasteiger partial charge in [-0.3, -0.25) is 0 Å². The molecule has 2 aromatic carbocycles. The van der Waals surface area contributed by atoms with Crippen LogP contribution in [-0.4, -0.2) is 27.1 Å². The number of hydrogen-bond acceptors (Lipinski definition) is 5. The Kier molecular flexibility index (Phi) is 5.43. The van der Waals surface area contributed by atoms with Crippen molar-refractivity contribution in [3.8, 4) is 11.3 Å². The number of primary sulfonamides is 1. The lowest BCUT2D eigenvalue weighted by Crippen LogP contribution is -2.14. The summed E-state index contributed by atoms with van der Waals surface area (Å²) in [5.41, 5.74) is 3.42. The average molecular weight is 423 g/mol. The molecule has 0 atom stereocenters. The van der Waals surface area contributed by atoms with Gasteiger partial charge in [0.25, 0.3) is 0 Å². The predicted octanol–water partition coefficient (Wildman–Crippen LogP) is 3.35. The molecule has 0 amide bonds. The van der Waals surface area contributed by atoms with E-state index in [1.807, 2.05) is 60.3 Å². The van der Waals surface area contributed by atoms with E-state index in [2.05, 4.69) is 0 Å². The second-order valence-corrected chi connectivity index (χ2v) is 8.95. The number of halogens is 1. The second kappa shape index (κ2) is 7.47. The molecular weight excluding hydrogens is 404 g/mol. The highest BCUT2D eigenvalue weighted by molar-refractivity contribution is 7.89. The maximum Gasteiger partial charge on any atom is 0.239 e. The van der Waals surface area contributed by atoms with Crippen molar-refractivity contribution in [1.82, 2.24) is 4.57 Å². The molecule has 2 N–H and O–H groups in total. The lowest BCUT2D eigenvalue weighted by molar-refractivity contribution is 0.598. The number of nitrogens with two attached hydrogens (primary N) is 1. The van der Waals surface area contributed by atoms with Gasteiger partial charge in [-0.05, 0) is 30.3 Å². The van der Waals surface area contributed by atoms with E-state index in [-0.39, 0.29) is 9.92 Å². The van der Waals surface area contributed by atoms with E-state index in [4.69, 9.17) is 21.7 Å². The van der Waals surface area contributed by atoms with E-state index in [0.717, 1.165) is 21.9 Å². The minimum atomic E-state index is -3.90. The first-order chi connectivity index (χ1) is 12.7. The summed E-state index contributed by atoms with van der Waals surface area (Å²) in [6.07, 6.45) is 0. The Hall–Kier alpha value is -2.13. The zero-order chi connectivity index (χ0) is 19.8. The Bertz CT molecular complexity index is 1160. The SMILES string of the molecule is CN(C)c1cccc(/N=c2/scc(-c3ccc(Cl)c(S(N)(=O)=O)c3)n2C)c1. The molecule has 0 unspecified atom stereocenters. The van der Waals surface area contributed by atoms with Gasteiger partial charge in [-0.15, -0.1) is 11.3 Å². The van der Waals surface area contributed by atoms with Crippen LogP contribution in [0.1, 0.15) is 0 Å². The molecule has 0 aliphatic rings. The second-order valence-electron chi connectivity index (χ2n) is 6.18. The third kappa shape index (κ3) is 4.24. The van der Waals surface area contributed by atoms with Crippen molar-refractivity contribution in [1.29, 1.82) is 0 Å². The molecule has 0 aliphatic carbocycles. The summed E-state index contributed by atoms with van der Waals surface area (Å²) in [4.78, 5) is 7.41. The highest BCUT2D eigenvalue weighted by atomic mass is 35.5. The van der Waals surface area contributed by atoms with Crippen LogP contribution in [0.3, 0.4) is 0 Å². The molecule has 0 aliphatic heterocycles. The van der Waals surface area contributed by atoms with Crippen molar-refractivity contribution in [2.45, 2.75) is 4.90 Å². The van der Waals surface area contributed by atoms with Gasteiger partial charge in [0.2, 0.25) is 10.0 Å². The number of thiazole rings is 1. The molecule has 142 valence electrons. The number of anilines is 1. The summed E-state index contributed by atoms with van der Waals surface area (Å²) in [7, 11) is 1.94. The third-order valence-corrected chi connectivity index (χ3v) is 6.34. The molecule has 0 saturated carbocycles. The number of hydrogen-bond donors (Lipinski definition) is 1. The Balaban J connectivity index is 2.08. The number of benzene rings is 2. The maximum absolute atomic E-state index is 11.7. The van der Waals surface area contributed by atoms with Crippen LogP contribution in [0.15, 0.2) is 57.7 Å². The van der Waals surface area contributed by atoms with Crippen molar-refractivity contribution in [3.63, 3.8) is 0 Å². The van der Waals surface area contributed by atoms with Gasteiger partial charge in [-0.2, -0.15) is 0 Å². The minimum Gasteiger partial charge on any atom is -0.378 e. The molecule has 0 spiro atoms. The smallest absolute Gasteiger partial charge is 0.239 e. The standard InChI is InChI=1S/C18H19ClN4O2S2/c1-22(2)14-6-4-5-13(10-14)21-18-23(3)16(11-26-18)12-7-8-15(19)17(9-12)27(20,24)25/h4-11H,1-3H3,(H2,20,24,25)/b21-18+. The molecule has 3 aromatic rings. The van der Waals surface area contributed by atoms with Crippen molar-refractivity contribution < 1.29 is 8.42 Å². The zero-order valence-corrected chi connectivity index (χ0v) is 17.4. The van der Waals surface area contributed by atoms with Crippen molar-refractivity contribution in [2.24, 2.45) is 17.2 Å². The average Bonchev–Trinajstić information content (AvgIpc) is 2.95. The molecule has 0 bridgehead atoms. The van der Waals surface area contributed by atoms with Gasteiger partial charge >= 0.3 is 0 Å². The summed E-state index contributed by atoms with van der Waals surface area (Å²) in [6.45, 7) is 0. The third-order valence-electron chi connectivity index (χ3n) is 4.03. The largest absolute Gasteiger partial charge is 0.378 e. The Labute approximate surface area is 167 Å². The molecule has 3 rings (SSSR count). The number of aromatic nitrogens is 1.